The molecule has 0 saturated heterocycles. The van der Waals surface area contributed by atoms with Crippen molar-refractivity contribution in [2.45, 2.75) is 13.0 Å². The maximum atomic E-state index is 11.2. The van der Waals surface area contributed by atoms with Gasteiger partial charge < -0.3 is 14.6 Å². The zero-order valence-corrected chi connectivity index (χ0v) is 12.1. The van der Waals surface area contributed by atoms with Crippen LogP contribution in [0.15, 0.2) is 48.5 Å². The first-order valence-corrected chi connectivity index (χ1v) is 6.69. The summed E-state index contributed by atoms with van der Waals surface area (Å²) in [6.07, 6.45) is 0.220. The molecule has 0 aliphatic heterocycles. The summed E-state index contributed by atoms with van der Waals surface area (Å²) >= 11 is 0. The fraction of sp³-hybridized carbons (Fsp3) is 0.176. The van der Waals surface area contributed by atoms with E-state index in [1.54, 1.807) is 42.5 Å². The molecule has 0 unspecified atom stereocenters. The van der Waals surface area contributed by atoms with E-state index < -0.39 is 5.97 Å². The van der Waals surface area contributed by atoms with Crippen LogP contribution >= 0.6 is 0 Å². The topological polar surface area (TPSA) is 72.8 Å². The van der Waals surface area contributed by atoms with Crippen LogP contribution in [0.2, 0.25) is 0 Å². The Morgan fingerprint density at radius 1 is 1.05 bits per heavy atom. The standard InChI is InChI=1S/C17H16O5/c1-21-16(18)10-12-5-7-15(8-6-12)22-11-13-3-2-4-14(9-13)17(19)20/h2-9H,10-11H2,1H3,(H,19,20). The Bertz CT molecular complexity index is 661. The average molecular weight is 300 g/mol. The molecule has 114 valence electrons. The molecule has 2 aromatic carbocycles. The third-order valence-corrected chi connectivity index (χ3v) is 3.08. The zero-order chi connectivity index (χ0) is 15.9. The molecule has 0 aliphatic rings. The summed E-state index contributed by atoms with van der Waals surface area (Å²) in [6, 6.07) is 13.7. The highest BCUT2D eigenvalue weighted by Crippen LogP contribution is 2.15. The second kappa shape index (κ2) is 7.26. The number of methoxy groups -OCH3 is 1. The summed E-state index contributed by atoms with van der Waals surface area (Å²) in [5, 5.41) is 8.94. The summed E-state index contributed by atoms with van der Waals surface area (Å²) in [6.45, 7) is 0.275. The molecule has 0 saturated carbocycles. The molecule has 0 aliphatic carbocycles. The minimum Gasteiger partial charge on any atom is -0.489 e. The van der Waals surface area contributed by atoms with Crippen LogP contribution in [0.3, 0.4) is 0 Å². The number of carboxylic acid groups (broad SMARTS) is 1. The van der Waals surface area contributed by atoms with Gasteiger partial charge in [0.1, 0.15) is 12.4 Å². The Balaban J connectivity index is 1.95. The molecular weight excluding hydrogens is 284 g/mol. The molecule has 0 fully saturated rings. The minimum absolute atomic E-state index is 0.220. The van der Waals surface area contributed by atoms with Crippen molar-refractivity contribution in [1.29, 1.82) is 0 Å². The second-order valence-electron chi connectivity index (χ2n) is 4.69. The Kier molecular flexibility index (Phi) is 5.14. The van der Waals surface area contributed by atoms with Crippen LogP contribution in [0.25, 0.3) is 0 Å². The largest absolute Gasteiger partial charge is 0.489 e. The lowest BCUT2D eigenvalue weighted by Crippen LogP contribution is -2.04. The summed E-state index contributed by atoms with van der Waals surface area (Å²) in [4.78, 5) is 22.1. The van der Waals surface area contributed by atoms with Gasteiger partial charge in [-0.1, -0.05) is 24.3 Å². The molecule has 5 heteroatoms. The van der Waals surface area contributed by atoms with Crippen molar-refractivity contribution in [2.75, 3.05) is 7.11 Å². The van der Waals surface area contributed by atoms with Gasteiger partial charge in [0.05, 0.1) is 19.1 Å². The molecule has 0 spiro atoms. The number of hydrogen-bond acceptors (Lipinski definition) is 4. The zero-order valence-electron chi connectivity index (χ0n) is 12.1. The highest BCUT2D eigenvalue weighted by Gasteiger charge is 2.05. The number of hydrogen-bond donors (Lipinski definition) is 1. The molecule has 5 nitrogen and oxygen atoms in total. The van der Waals surface area contributed by atoms with Crippen LogP contribution in [0.4, 0.5) is 0 Å². The third kappa shape index (κ3) is 4.34. The van der Waals surface area contributed by atoms with Gasteiger partial charge in [-0.25, -0.2) is 4.79 Å². The number of esters is 1. The first-order chi connectivity index (χ1) is 10.6. The van der Waals surface area contributed by atoms with E-state index in [2.05, 4.69) is 4.74 Å². The molecular formula is C17H16O5. The Hall–Kier alpha value is -2.82. The van der Waals surface area contributed by atoms with Crippen molar-refractivity contribution in [3.05, 3.63) is 65.2 Å². The molecule has 0 aromatic heterocycles. The van der Waals surface area contributed by atoms with Gasteiger partial charge in [0.2, 0.25) is 0 Å². The van der Waals surface area contributed by atoms with Crippen molar-refractivity contribution in [3.8, 4) is 5.75 Å². The van der Waals surface area contributed by atoms with Crippen molar-refractivity contribution < 1.29 is 24.2 Å². The number of rotatable bonds is 6. The van der Waals surface area contributed by atoms with Crippen molar-refractivity contribution in [1.82, 2.24) is 0 Å². The van der Waals surface area contributed by atoms with E-state index in [9.17, 15) is 9.59 Å². The highest BCUT2D eigenvalue weighted by atomic mass is 16.5. The van der Waals surface area contributed by atoms with Gasteiger partial charge in [0, 0.05) is 0 Å². The normalized spacial score (nSPS) is 10.0. The molecule has 1 N–H and O–H groups in total. The van der Waals surface area contributed by atoms with Crippen LogP contribution in [-0.4, -0.2) is 24.2 Å². The third-order valence-electron chi connectivity index (χ3n) is 3.08. The van der Waals surface area contributed by atoms with E-state index in [1.165, 1.54) is 13.2 Å². The molecule has 2 aromatic rings. The number of aromatic carboxylic acids is 1. The number of carbonyl (C=O) groups is 2. The quantitative estimate of drug-likeness (QED) is 0.830. The first-order valence-electron chi connectivity index (χ1n) is 6.69. The van der Waals surface area contributed by atoms with E-state index in [0.717, 1.165) is 11.1 Å². The molecule has 0 atom stereocenters. The van der Waals surface area contributed by atoms with E-state index >= 15 is 0 Å². The van der Waals surface area contributed by atoms with E-state index in [0.29, 0.717) is 5.75 Å². The van der Waals surface area contributed by atoms with Gasteiger partial charge in [-0.2, -0.15) is 0 Å². The summed E-state index contributed by atoms with van der Waals surface area (Å²) in [5.74, 6) is -0.609. The molecule has 0 heterocycles. The number of benzene rings is 2. The van der Waals surface area contributed by atoms with Crippen LogP contribution in [0, 0.1) is 0 Å². The van der Waals surface area contributed by atoms with Crippen LogP contribution in [0.1, 0.15) is 21.5 Å². The lowest BCUT2D eigenvalue weighted by Gasteiger charge is -2.08. The maximum absolute atomic E-state index is 11.2. The van der Waals surface area contributed by atoms with Crippen molar-refractivity contribution in [2.24, 2.45) is 0 Å². The van der Waals surface area contributed by atoms with Crippen molar-refractivity contribution in [3.63, 3.8) is 0 Å². The van der Waals surface area contributed by atoms with Crippen LogP contribution < -0.4 is 4.74 Å². The molecule has 2 rings (SSSR count). The van der Waals surface area contributed by atoms with Gasteiger partial charge in [-0.15, -0.1) is 0 Å². The van der Waals surface area contributed by atoms with E-state index in [1.807, 2.05) is 0 Å². The maximum Gasteiger partial charge on any atom is 0.335 e. The van der Waals surface area contributed by atoms with Gasteiger partial charge in [0.15, 0.2) is 0 Å². The fourth-order valence-electron chi connectivity index (χ4n) is 1.90. The molecule has 0 radical (unpaired) electrons. The lowest BCUT2D eigenvalue weighted by atomic mass is 10.1. The van der Waals surface area contributed by atoms with Gasteiger partial charge in [-0.3, -0.25) is 4.79 Å². The Morgan fingerprint density at radius 2 is 1.77 bits per heavy atom. The molecule has 22 heavy (non-hydrogen) atoms. The summed E-state index contributed by atoms with van der Waals surface area (Å²) in [5.41, 5.74) is 1.85. The Morgan fingerprint density at radius 3 is 2.41 bits per heavy atom. The minimum atomic E-state index is -0.964. The first kappa shape index (κ1) is 15.6. The smallest absolute Gasteiger partial charge is 0.335 e. The van der Waals surface area contributed by atoms with Crippen molar-refractivity contribution >= 4 is 11.9 Å². The van der Waals surface area contributed by atoms with Gasteiger partial charge >= 0.3 is 11.9 Å². The molecule has 0 bridgehead atoms. The summed E-state index contributed by atoms with van der Waals surface area (Å²) in [7, 11) is 1.35. The van der Waals surface area contributed by atoms with Crippen LogP contribution in [-0.2, 0) is 22.6 Å². The number of carboxylic acids is 1. The summed E-state index contributed by atoms with van der Waals surface area (Å²) < 4.78 is 10.2. The lowest BCUT2D eigenvalue weighted by molar-refractivity contribution is -0.139. The average Bonchev–Trinajstić information content (AvgIpc) is 2.54. The highest BCUT2D eigenvalue weighted by molar-refractivity contribution is 5.87. The van der Waals surface area contributed by atoms with E-state index in [-0.39, 0.29) is 24.6 Å². The predicted molar refractivity (Wildman–Crippen MR) is 79.9 cm³/mol. The van der Waals surface area contributed by atoms with Gasteiger partial charge in [0.25, 0.3) is 0 Å². The SMILES string of the molecule is COC(=O)Cc1ccc(OCc2cccc(C(=O)O)c2)cc1. The van der Waals surface area contributed by atoms with Crippen LogP contribution in [0.5, 0.6) is 5.75 Å². The number of carbonyl (C=O) groups excluding carboxylic acids is 1. The van der Waals surface area contributed by atoms with E-state index in [4.69, 9.17) is 9.84 Å². The second-order valence-corrected chi connectivity index (χ2v) is 4.69. The Labute approximate surface area is 128 Å². The number of ether oxygens (including phenoxy) is 2. The fourth-order valence-corrected chi connectivity index (χ4v) is 1.90. The predicted octanol–water partition coefficient (Wildman–Crippen LogP) is 2.68. The molecule has 0 amide bonds. The monoisotopic (exact) mass is 300 g/mol. The van der Waals surface area contributed by atoms with Gasteiger partial charge in [-0.05, 0) is 35.4 Å².